The van der Waals surface area contributed by atoms with Gasteiger partial charge in [0.1, 0.15) is 0 Å². The van der Waals surface area contributed by atoms with Crippen molar-refractivity contribution in [3.63, 3.8) is 0 Å². The van der Waals surface area contributed by atoms with Gasteiger partial charge < -0.3 is 0 Å². The van der Waals surface area contributed by atoms with Crippen molar-refractivity contribution in [3.8, 4) is 0 Å². The SMILES string of the molecule is C[C@]12CCC(=O)C=C1CCC1C2=CC[C@@]2(C)[C@H]1CC[C@]2(C)C1CCCC1. The number of allylic oxidation sites excluding steroid dienone is 4. The molecule has 5 rings (SSSR count). The maximum atomic E-state index is 12.0. The van der Waals surface area contributed by atoms with Gasteiger partial charge in [-0.05, 0) is 86.0 Å². The molecule has 0 saturated heterocycles. The minimum Gasteiger partial charge on any atom is -0.295 e. The molecular weight excluding hydrogens is 316 g/mol. The number of hydrogen-bond donors (Lipinski definition) is 0. The zero-order valence-corrected chi connectivity index (χ0v) is 17.1. The molecule has 0 amide bonds. The van der Waals surface area contributed by atoms with Crippen molar-refractivity contribution >= 4 is 5.78 Å². The van der Waals surface area contributed by atoms with E-state index in [2.05, 4.69) is 26.8 Å². The van der Waals surface area contributed by atoms with Gasteiger partial charge in [-0.3, -0.25) is 4.79 Å². The zero-order valence-electron chi connectivity index (χ0n) is 17.1. The average Bonchev–Trinajstić information content (AvgIpc) is 3.24. The monoisotopic (exact) mass is 352 g/mol. The van der Waals surface area contributed by atoms with E-state index in [9.17, 15) is 4.79 Å². The molecule has 142 valence electrons. The number of hydrogen-bond acceptors (Lipinski definition) is 1. The van der Waals surface area contributed by atoms with Crippen molar-refractivity contribution < 1.29 is 4.79 Å². The van der Waals surface area contributed by atoms with Gasteiger partial charge >= 0.3 is 0 Å². The van der Waals surface area contributed by atoms with Gasteiger partial charge in [0, 0.05) is 11.8 Å². The molecule has 5 aliphatic rings. The highest BCUT2D eigenvalue weighted by Crippen LogP contribution is 2.70. The van der Waals surface area contributed by atoms with Crippen molar-refractivity contribution in [1.82, 2.24) is 0 Å². The standard InChI is InChI=1S/C25H36O/c1-23-13-10-19(26)16-18(23)8-9-20-21(23)11-15-25(3)22(20)12-14-24(25,2)17-6-4-5-7-17/h11,16-17,20,22H,4-10,12-15H2,1-3H3/t20?,22-,23-,24+,25-/m0/s1. The number of carbonyl (C=O) groups is 1. The lowest BCUT2D eigenvalue weighted by Gasteiger charge is -2.56. The molecule has 0 bridgehead atoms. The van der Waals surface area contributed by atoms with E-state index in [4.69, 9.17) is 0 Å². The third-order valence-electron chi connectivity index (χ3n) is 10.3. The molecule has 26 heavy (non-hydrogen) atoms. The number of rotatable bonds is 1. The zero-order chi connectivity index (χ0) is 18.2. The highest BCUT2D eigenvalue weighted by Gasteiger charge is 2.62. The summed E-state index contributed by atoms with van der Waals surface area (Å²) in [7, 11) is 0. The molecule has 0 N–H and O–H groups in total. The van der Waals surface area contributed by atoms with Crippen molar-refractivity contribution in [2.75, 3.05) is 0 Å². The van der Waals surface area contributed by atoms with Crippen LogP contribution in [0.1, 0.15) is 91.4 Å². The van der Waals surface area contributed by atoms with E-state index in [1.165, 1.54) is 56.9 Å². The van der Waals surface area contributed by atoms with Crippen LogP contribution in [0.15, 0.2) is 23.3 Å². The molecule has 3 saturated carbocycles. The summed E-state index contributed by atoms with van der Waals surface area (Å²) >= 11 is 0. The van der Waals surface area contributed by atoms with Crippen LogP contribution in [0, 0.1) is 34.0 Å². The number of fused-ring (bicyclic) bond motifs is 5. The van der Waals surface area contributed by atoms with E-state index in [0.29, 0.717) is 16.6 Å². The normalized spacial score (nSPS) is 48.5. The van der Waals surface area contributed by atoms with Gasteiger partial charge in [0.2, 0.25) is 0 Å². The van der Waals surface area contributed by atoms with E-state index < -0.39 is 0 Å². The van der Waals surface area contributed by atoms with Gasteiger partial charge in [-0.25, -0.2) is 0 Å². The molecule has 0 heterocycles. The van der Waals surface area contributed by atoms with Crippen LogP contribution < -0.4 is 0 Å². The molecule has 5 aliphatic carbocycles. The summed E-state index contributed by atoms with van der Waals surface area (Å²) in [5.74, 6) is 3.00. The van der Waals surface area contributed by atoms with E-state index in [0.717, 1.165) is 37.0 Å². The summed E-state index contributed by atoms with van der Waals surface area (Å²) in [5, 5.41) is 0. The van der Waals surface area contributed by atoms with Crippen molar-refractivity contribution in [2.24, 2.45) is 34.0 Å². The second-order valence-electron chi connectivity index (χ2n) is 10.9. The van der Waals surface area contributed by atoms with Crippen LogP contribution in [0.3, 0.4) is 0 Å². The first kappa shape index (κ1) is 17.3. The quantitative estimate of drug-likeness (QED) is 0.484. The van der Waals surface area contributed by atoms with E-state index in [-0.39, 0.29) is 5.41 Å². The van der Waals surface area contributed by atoms with Gasteiger partial charge in [-0.2, -0.15) is 0 Å². The van der Waals surface area contributed by atoms with Gasteiger partial charge in [0.15, 0.2) is 5.78 Å². The van der Waals surface area contributed by atoms with Gasteiger partial charge in [-0.1, -0.05) is 50.8 Å². The third kappa shape index (κ3) is 2.07. The molecule has 5 atom stereocenters. The Labute approximate surface area is 159 Å². The van der Waals surface area contributed by atoms with E-state index >= 15 is 0 Å². The third-order valence-corrected chi connectivity index (χ3v) is 10.3. The largest absolute Gasteiger partial charge is 0.295 e. The number of carbonyl (C=O) groups excluding carboxylic acids is 1. The highest BCUT2D eigenvalue weighted by atomic mass is 16.1. The summed E-state index contributed by atoms with van der Waals surface area (Å²) in [6, 6.07) is 0. The first-order chi connectivity index (χ1) is 12.4. The summed E-state index contributed by atoms with van der Waals surface area (Å²) in [6.07, 6.45) is 19.0. The van der Waals surface area contributed by atoms with Crippen LogP contribution in [0.5, 0.6) is 0 Å². The molecule has 0 aromatic heterocycles. The summed E-state index contributed by atoms with van der Waals surface area (Å²) in [6.45, 7) is 7.78. The first-order valence-electron chi connectivity index (χ1n) is 11.3. The molecule has 0 aromatic rings. The van der Waals surface area contributed by atoms with Crippen LogP contribution in [0.4, 0.5) is 0 Å². The molecule has 1 unspecified atom stereocenters. The smallest absolute Gasteiger partial charge is 0.155 e. The van der Waals surface area contributed by atoms with E-state index in [1.54, 1.807) is 5.57 Å². The van der Waals surface area contributed by atoms with Gasteiger partial charge in [-0.15, -0.1) is 0 Å². The molecule has 3 fully saturated rings. The average molecular weight is 353 g/mol. The minimum absolute atomic E-state index is 0.199. The number of ketones is 1. The Morgan fingerprint density at radius 1 is 0.923 bits per heavy atom. The summed E-state index contributed by atoms with van der Waals surface area (Å²) in [4.78, 5) is 12.0. The Bertz CT molecular complexity index is 693. The van der Waals surface area contributed by atoms with Crippen molar-refractivity contribution in [1.29, 1.82) is 0 Å². The second-order valence-corrected chi connectivity index (χ2v) is 10.9. The summed E-state index contributed by atoms with van der Waals surface area (Å²) < 4.78 is 0. The maximum Gasteiger partial charge on any atom is 0.155 e. The predicted octanol–water partition coefficient (Wildman–Crippen LogP) is 6.63. The Morgan fingerprint density at radius 2 is 1.69 bits per heavy atom. The van der Waals surface area contributed by atoms with Gasteiger partial charge in [0.25, 0.3) is 0 Å². The fourth-order valence-electron chi connectivity index (χ4n) is 8.38. The lowest BCUT2D eigenvalue weighted by Crippen LogP contribution is -2.48. The minimum atomic E-state index is 0.199. The topological polar surface area (TPSA) is 17.1 Å². The fraction of sp³-hybridized carbons (Fsp3) is 0.800. The Morgan fingerprint density at radius 3 is 2.46 bits per heavy atom. The van der Waals surface area contributed by atoms with E-state index in [1.807, 2.05) is 6.08 Å². The first-order valence-corrected chi connectivity index (χ1v) is 11.3. The van der Waals surface area contributed by atoms with Crippen molar-refractivity contribution in [3.05, 3.63) is 23.3 Å². The lowest BCUT2D eigenvalue weighted by atomic mass is 9.48. The molecule has 1 heteroatoms. The van der Waals surface area contributed by atoms with Crippen molar-refractivity contribution in [2.45, 2.75) is 91.4 Å². The molecule has 0 spiro atoms. The van der Waals surface area contributed by atoms with Crippen LogP contribution in [-0.4, -0.2) is 5.78 Å². The Balaban J connectivity index is 1.53. The molecule has 0 aliphatic heterocycles. The fourth-order valence-corrected chi connectivity index (χ4v) is 8.38. The van der Waals surface area contributed by atoms with Crippen LogP contribution >= 0.6 is 0 Å². The van der Waals surface area contributed by atoms with Crippen LogP contribution in [0.25, 0.3) is 0 Å². The molecular formula is C25H36O. The Kier molecular flexibility index (Phi) is 3.71. The molecule has 1 nitrogen and oxygen atoms in total. The molecule has 0 aromatic carbocycles. The lowest BCUT2D eigenvalue weighted by molar-refractivity contribution is -0.115. The van der Waals surface area contributed by atoms with Crippen LogP contribution in [0.2, 0.25) is 0 Å². The molecule has 0 radical (unpaired) electrons. The highest BCUT2D eigenvalue weighted by molar-refractivity contribution is 5.92. The van der Waals surface area contributed by atoms with Crippen LogP contribution in [-0.2, 0) is 4.79 Å². The predicted molar refractivity (Wildman–Crippen MR) is 107 cm³/mol. The Hall–Kier alpha value is -0.850. The summed E-state index contributed by atoms with van der Waals surface area (Å²) in [5.41, 5.74) is 4.44. The maximum absolute atomic E-state index is 12.0. The second kappa shape index (κ2) is 5.58. The van der Waals surface area contributed by atoms with Gasteiger partial charge in [0.05, 0.1) is 0 Å².